The summed E-state index contributed by atoms with van der Waals surface area (Å²) in [5.41, 5.74) is 0. The Kier molecular flexibility index (Phi) is 15.9. The van der Waals surface area contributed by atoms with Gasteiger partial charge in [-0.15, -0.1) is 0 Å². The molecule has 4 heteroatoms. The highest BCUT2D eigenvalue weighted by Gasteiger charge is 2.40. The average molecular weight is 349 g/mol. The van der Waals surface area contributed by atoms with Crippen LogP contribution in [-0.4, -0.2) is 32.0 Å². The van der Waals surface area contributed by atoms with E-state index in [4.69, 9.17) is 14.2 Å². The quantitative estimate of drug-likeness (QED) is 0.204. The molecule has 0 bridgehead atoms. The van der Waals surface area contributed by atoms with E-state index in [2.05, 4.69) is 33.4 Å². The third kappa shape index (κ3) is 9.96. The molecule has 0 heterocycles. The van der Waals surface area contributed by atoms with Crippen molar-refractivity contribution >= 4 is 12.6 Å². The molecule has 0 rings (SSSR count). The predicted molar refractivity (Wildman–Crippen MR) is 102 cm³/mol. The minimum Gasteiger partial charge on any atom is -0.331 e. The zero-order valence-electron chi connectivity index (χ0n) is 15.9. The monoisotopic (exact) mass is 348 g/mol. The largest absolute Gasteiger partial charge is 0.331 e. The van der Waals surface area contributed by atoms with E-state index < -0.39 is 5.97 Å². The molecular formula is C19H40O3S. The van der Waals surface area contributed by atoms with Crippen molar-refractivity contribution in [3.8, 4) is 0 Å². The molecule has 0 fully saturated rings. The zero-order chi connectivity index (χ0) is 17.4. The first-order valence-electron chi connectivity index (χ1n) is 9.64. The summed E-state index contributed by atoms with van der Waals surface area (Å²) in [5, 5.41) is 0. The van der Waals surface area contributed by atoms with Crippen LogP contribution in [0.4, 0.5) is 0 Å². The molecule has 0 saturated carbocycles. The number of hydrogen-bond acceptors (Lipinski definition) is 4. The number of ether oxygens (including phenoxy) is 3. The summed E-state index contributed by atoms with van der Waals surface area (Å²) in [5.74, 6) is 0.184. The third-order valence-electron chi connectivity index (χ3n) is 4.18. The number of thiol groups is 1. The van der Waals surface area contributed by atoms with E-state index in [1.807, 2.05) is 0 Å². The summed E-state index contributed by atoms with van der Waals surface area (Å²) in [6, 6.07) is 0. The van der Waals surface area contributed by atoms with Gasteiger partial charge in [0.05, 0.1) is 13.2 Å². The number of unbranched alkanes of at least 4 members (excludes halogenated alkanes) is 5. The lowest BCUT2D eigenvalue weighted by molar-refractivity contribution is -0.397. The van der Waals surface area contributed by atoms with E-state index in [1.54, 1.807) is 7.11 Å². The zero-order valence-corrected chi connectivity index (χ0v) is 16.8. The van der Waals surface area contributed by atoms with Crippen LogP contribution in [0.1, 0.15) is 85.0 Å². The summed E-state index contributed by atoms with van der Waals surface area (Å²) in [6.45, 7) is 7.81. The fourth-order valence-corrected chi connectivity index (χ4v) is 3.19. The van der Waals surface area contributed by atoms with Crippen LogP contribution in [0, 0.1) is 5.92 Å². The molecule has 0 saturated heterocycles. The molecule has 0 amide bonds. The molecule has 0 aromatic carbocycles. The maximum atomic E-state index is 6.06. The van der Waals surface area contributed by atoms with Crippen molar-refractivity contribution in [3.63, 3.8) is 0 Å². The van der Waals surface area contributed by atoms with Crippen molar-refractivity contribution in [2.45, 2.75) is 91.0 Å². The summed E-state index contributed by atoms with van der Waals surface area (Å²) >= 11 is 4.44. The van der Waals surface area contributed by atoms with Gasteiger partial charge in [0.1, 0.15) is 0 Å². The fraction of sp³-hybridized carbons (Fsp3) is 1.00. The van der Waals surface area contributed by atoms with Gasteiger partial charge in [-0.05, 0) is 31.4 Å². The van der Waals surface area contributed by atoms with Gasteiger partial charge in [-0.25, -0.2) is 0 Å². The van der Waals surface area contributed by atoms with Crippen LogP contribution < -0.4 is 0 Å². The molecule has 0 aliphatic heterocycles. The minimum absolute atomic E-state index is 0.245. The highest BCUT2D eigenvalue weighted by molar-refractivity contribution is 7.80. The number of hydrogen-bond donors (Lipinski definition) is 1. The van der Waals surface area contributed by atoms with E-state index in [-0.39, 0.29) is 5.92 Å². The Hall–Kier alpha value is 0.230. The van der Waals surface area contributed by atoms with Gasteiger partial charge in [0, 0.05) is 13.0 Å². The van der Waals surface area contributed by atoms with Gasteiger partial charge < -0.3 is 14.2 Å². The third-order valence-corrected chi connectivity index (χ3v) is 4.44. The van der Waals surface area contributed by atoms with Crippen LogP contribution in [0.25, 0.3) is 0 Å². The second-order valence-electron chi connectivity index (χ2n) is 6.27. The molecule has 0 radical (unpaired) electrons. The SMILES string of the molecule is CCCCCCCCC(CCS)C(OC)(OCCC)OCCC. The van der Waals surface area contributed by atoms with Crippen LogP contribution >= 0.6 is 12.6 Å². The van der Waals surface area contributed by atoms with E-state index in [9.17, 15) is 0 Å². The van der Waals surface area contributed by atoms with Gasteiger partial charge in [0.15, 0.2) is 0 Å². The lowest BCUT2D eigenvalue weighted by Crippen LogP contribution is -2.46. The number of methoxy groups -OCH3 is 1. The maximum Gasteiger partial charge on any atom is 0.285 e. The molecule has 1 unspecified atom stereocenters. The summed E-state index contributed by atoms with van der Waals surface area (Å²) < 4.78 is 17.9. The molecule has 0 aliphatic rings. The first-order chi connectivity index (χ1) is 11.2. The van der Waals surface area contributed by atoms with Crippen LogP contribution in [0.3, 0.4) is 0 Å². The highest BCUT2D eigenvalue weighted by atomic mass is 32.1. The smallest absolute Gasteiger partial charge is 0.285 e. The second-order valence-corrected chi connectivity index (χ2v) is 6.72. The molecule has 140 valence electrons. The molecular weight excluding hydrogens is 308 g/mol. The molecule has 0 aromatic heterocycles. The molecule has 23 heavy (non-hydrogen) atoms. The first-order valence-corrected chi connectivity index (χ1v) is 10.3. The molecule has 3 nitrogen and oxygen atoms in total. The van der Waals surface area contributed by atoms with Crippen molar-refractivity contribution < 1.29 is 14.2 Å². The Morgan fingerprint density at radius 2 is 1.35 bits per heavy atom. The molecule has 0 aliphatic carbocycles. The van der Waals surface area contributed by atoms with Crippen LogP contribution in [0.5, 0.6) is 0 Å². The molecule has 0 spiro atoms. The van der Waals surface area contributed by atoms with E-state index in [1.165, 1.54) is 38.5 Å². The van der Waals surface area contributed by atoms with Gasteiger partial charge in [0.2, 0.25) is 0 Å². The van der Waals surface area contributed by atoms with Gasteiger partial charge in [-0.1, -0.05) is 59.3 Å². The maximum absolute atomic E-state index is 6.06. The second kappa shape index (κ2) is 15.7. The Bertz CT molecular complexity index is 241. The van der Waals surface area contributed by atoms with Crippen LogP contribution in [-0.2, 0) is 14.2 Å². The first kappa shape index (κ1) is 23.2. The van der Waals surface area contributed by atoms with Crippen molar-refractivity contribution in [1.29, 1.82) is 0 Å². The number of rotatable bonds is 17. The van der Waals surface area contributed by atoms with E-state index in [0.29, 0.717) is 13.2 Å². The van der Waals surface area contributed by atoms with Crippen molar-refractivity contribution in [3.05, 3.63) is 0 Å². The normalized spacial score (nSPS) is 13.4. The summed E-state index contributed by atoms with van der Waals surface area (Å²) in [6.07, 6.45) is 11.8. The van der Waals surface area contributed by atoms with Crippen molar-refractivity contribution in [2.75, 3.05) is 26.1 Å². The van der Waals surface area contributed by atoms with Crippen molar-refractivity contribution in [2.24, 2.45) is 5.92 Å². The average Bonchev–Trinajstić information content (AvgIpc) is 2.58. The summed E-state index contributed by atoms with van der Waals surface area (Å²) in [4.78, 5) is 0. The summed E-state index contributed by atoms with van der Waals surface area (Å²) in [7, 11) is 1.71. The van der Waals surface area contributed by atoms with Gasteiger partial charge in [0.25, 0.3) is 5.97 Å². The van der Waals surface area contributed by atoms with Gasteiger partial charge in [-0.2, -0.15) is 12.6 Å². The Balaban J connectivity index is 4.62. The topological polar surface area (TPSA) is 27.7 Å². The lowest BCUT2D eigenvalue weighted by Gasteiger charge is -2.38. The minimum atomic E-state index is -0.891. The van der Waals surface area contributed by atoms with Gasteiger partial charge in [-0.3, -0.25) is 0 Å². The van der Waals surface area contributed by atoms with Crippen LogP contribution in [0.15, 0.2) is 0 Å². The fourth-order valence-electron chi connectivity index (χ4n) is 2.88. The lowest BCUT2D eigenvalue weighted by atomic mass is 9.95. The van der Waals surface area contributed by atoms with Crippen molar-refractivity contribution in [1.82, 2.24) is 0 Å². The highest BCUT2D eigenvalue weighted by Crippen LogP contribution is 2.33. The van der Waals surface area contributed by atoms with E-state index in [0.717, 1.165) is 31.4 Å². The van der Waals surface area contributed by atoms with Crippen LogP contribution in [0.2, 0.25) is 0 Å². The van der Waals surface area contributed by atoms with Gasteiger partial charge >= 0.3 is 0 Å². The standard InChI is InChI=1S/C19H40O3S/c1-5-8-9-10-11-12-13-18(14-17-23)19(20-4,21-15-6-2)22-16-7-3/h18,23H,5-17H2,1-4H3. The molecule has 0 N–H and O–H groups in total. The Morgan fingerprint density at radius 3 is 1.83 bits per heavy atom. The predicted octanol–water partition coefficient (Wildman–Crippen LogP) is 5.83. The van der Waals surface area contributed by atoms with E-state index >= 15 is 0 Å². The Labute approximate surface area is 150 Å². The molecule has 1 atom stereocenters. The Morgan fingerprint density at radius 1 is 0.783 bits per heavy atom. The molecule has 0 aromatic rings.